The van der Waals surface area contributed by atoms with Crippen LogP contribution in [0.3, 0.4) is 0 Å². The largest absolute Gasteiger partial charge is 0.508 e. The predicted molar refractivity (Wildman–Crippen MR) is 154 cm³/mol. The number of anilines is 1. The van der Waals surface area contributed by atoms with Crippen LogP contribution in [-0.4, -0.2) is 76.6 Å². The van der Waals surface area contributed by atoms with E-state index in [4.69, 9.17) is 21.3 Å². The van der Waals surface area contributed by atoms with Crippen molar-refractivity contribution in [3.63, 3.8) is 0 Å². The molecule has 4 saturated heterocycles. The smallest absolute Gasteiger partial charge is 0.319 e. The molecule has 1 saturated carbocycles. The molecule has 41 heavy (non-hydrogen) atoms. The average Bonchev–Trinajstić information content (AvgIpc) is 3.52. The van der Waals surface area contributed by atoms with Crippen molar-refractivity contribution in [3.05, 3.63) is 40.7 Å². The zero-order valence-corrected chi connectivity index (χ0v) is 23.6. The van der Waals surface area contributed by atoms with E-state index in [2.05, 4.69) is 20.1 Å². The number of hydrogen-bond donors (Lipinski definition) is 2. The molecule has 2 N–H and O–H groups in total. The number of nitrogens with zero attached hydrogens (tertiary/aromatic N) is 4. The number of hydrogen-bond acceptors (Lipinski definition) is 7. The van der Waals surface area contributed by atoms with Crippen molar-refractivity contribution in [2.45, 2.75) is 74.7 Å². The van der Waals surface area contributed by atoms with Gasteiger partial charge in [0.1, 0.15) is 29.9 Å². The number of alkyl halides is 1. The SMILES string of the molecule is Oc1cc(Cl)c(C2CC2)c(-c2ccc3c(N4C[C@H]5CC[C@@H](C4)N5)nc(OC[C@@]45CCCN4C[C@H](F)C5)nc3c2F)c1. The summed E-state index contributed by atoms with van der Waals surface area (Å²) in [5, 5.41) is 15.1. The monoisotopic (exact) mass is 581 g/mol. The van der Waals surface area contributed by atoms with E-state index in [-0.39, 0.29) is 35.3 Å². The van der Waals surface area contributed by atoms with Crippen LogP contribution in [0, 0.1) is 5.82 Å². The van der Waals surface area contributed by atoms with Gasteiger partial charge in [-0.2, -0.15) is 9.97 Å². The molecule has 2 bridgehead atoms. The predicted octanol–water partition coefficient (Wildman–Crippen LogP) is 5.57. The van der Waals surface area contributed by atoms with E-state index >= 15 is 4.39 Å². The number of ether oxygens (including phenoxy) is 1. The van der Waals surface area contributed by atoms with Crippen molar-refractivity contribution in [2.24, 2.45) is 0 Å². The van der Waals surface area contributed by atoms with E-state index < -0.39 is 12.0 Å². The third-order valence-corrected chi connectivity index (χ3v) is 10.2. The van der Waals surface area contributed by atoms with Crippen LogP contribution >= 0.6 is 11.6 Å². The number of rotatable bonds is 6. The zero-order valence-electron chi connectivity index (χ0n) is 22.9. The fraction of sp³-hybridized carbons (Fsp3) is 0.548. The number of phenolic OH excluding ortho intramolecular Hbond substituents is 1. The molecule has 3 aromatic rings. The summed E-state index contributed by atoms with van der Waals surface area (Å²) in [5.74, 6) is 0.438. The number of halogens is 3. The lowest BCUT2D eigenvalue weighted by Gasteiger charge is -2.34. The number of phenols is 1. The van der Waals surface area contributed by atoms with Gasteiger partial charge in [0, 0.05) is 54.1 Å². The molecule has 216 valence electrons. The average molecular weight is 582 g/mol. The maximum atomic E-state index is 16.6. The van der Waals surface area contributed by atoms with Crippen LogP contribution in [0.5, 0.6) is 11.8 Å². The van der Waals surface area contributed by atoms with E-state index in [0.717, 1.165) is 63.7 Å². The molecule has 0 spiro atoms. The molecule has 5 heterocycles. The summed E-state index contributed by atoms with van der Waals surface area (Å²) < 4.78 is 37.3. The maximum absolute atomic E-state index is 16.6. The number of benzene rings is 2. The Morgan fingerprint density at radius 1 is 1.07 bits per heavy atom. The Morgan fingerprint density at radius 3 is 2.66 bits per heavy atom. The minimum Gasteiger partial charge on any atom is -0.508 e. The van der Waals surface area contributed by atoms with Gasteiger partial charge in [0.15, 0.2) is 5.82 Å². The van der Waals surface area contributed by atoms with Crippen LogP contribution in [0.15, 0.2) is 24.3 Å². The topological polar surface area (TPSA) is 73.8 Å². The molecule has 5 fully saturated rings. The van der Waals surface area contributed by atoms with Gasteiger partial charge in [-0.1, -0.05) is 17.7 Å². The number of aromatic hydroxyl groups is 1. The van der Waals surface area contributed by atoms with Crippen molar-refractivity contribution in [3.8, 4) is 22.9 Å². The van der Waals surface area contributed by atoms with Crippen LogP contribution in [0.2, 0.25) is 5.02 Å². The van der Waals surface area contributed by atoms with Crippen LogP contribution < -0.4 is 15.0 Å². The van der Waals surface area contributed by atoms with Gasteiger partial charge in [-0.3, -0.25) is 4.90 Å². The Balaban J connectivity index is 1.23. The van der Waals surface area contributed by atoms with Gasteiger partial charge in [0.25, 0.3) is 0 Å². The van der Waals surface area contributed by atoms with E-state index in [0.29, 0.717) is 52.4 Å². The summed E-state index contributed by atoms with van der Waals surface area (Å²) >= 11 is 6.56. The van der Waals surface area contributed by atoms with E-state index in [1.807, 2.05) is 6.07 Å². The molecule has 0 radical (unpaired) electrons. The Bertz CT molecular complexity index is 1520. The van der Waals surface area contributed by atoms with E-state index in [1.54, 1.807) is 12.1 Å². The molecule has 1 aliphatic carbocycles. The second kappa shape index (κ2) is 9.64. The van der Waals surface area contributed by atoms with Crippen molar-refractivity contribution in [1.82, 2.24) is 20.2 Å². The normalized spacial score (nSPS) is 29.4. The molecule has 5 aliphatic rings. The number of nitrogens with one attached hydrogen (secondary N) is 1. The Hall–Kier alpha value is -2.75. The summed E-state index contributed by atoms with van der Waals surface area (Å²) in [7, 11) is 0. The molecule has 4 aliphatic heterocycles. The van der Waals surface area contributed by atoms with Gasteiger partial charge in [-0.25, -0.2) is 8.78 Å². The van der Waals surface area contributed by atoms with Gasteiger partial charge in [0.05, 0.1) is 5.54 Å². The molecule has 8 rings (SSSR count). The molecule has 1 aromatic heterocycles. The van der Waals surface area contributed by atoms with Crippen LogP contribution in [-0.2, 0) is 0 Å². The third-order valence-electron chi connectivity index (χ3n) is 9.90. The first-order valence-electron chi connectivity index (χ1n) is 14.9. The van der Waals surface area contributed by atoms with Crippen molar-refractivity contribution >= 4 is 28.3 Å². The first-order valence-corrected chi connectivity index (χ1v) is 15.3. The van der Waals surface area contributed by atoms with Crippen LogP contribution in [0.25, 0.3) is 22.0 Å². The minimum atomic E-state index is -0.863. The molecule has 2 aromatic carbocycles. The highest BCUT2D eigenvalue weighted by atomic mass is 35.5. The van der Waals surface area contributed by atoms with Crippen molar-refractivity contribution in [1.29, 1.82) is 0 Å². The first-order chi connectivity index (χ1) is 19.9. The van der Waals surface area contributed by atoms with Crippen LogP contribution in [0.1, 0.15) is 56.4 Å². The minimum absolute atomic E-state index is 0.000641. The van der Waals surface area contributed by atoms with E-state index in [1.165, 1.54) is 6.07 Å². The molecule has 7 nitrogen and oxygen atoms in total. The third kappa shape index (κ3) is 4.43. The van der Waals surface area contributed by atoms with Gasteiger partial charge < -0.3 is 20.1 Å². The van der Waals surface area contributed by atoms with Crippen LogP contribution in [0.4, 0.5) is 14.6 Å². The van der Waals surface area contributed by atoms with Gasteiger partial charge in [-0.05, 0) is 80.3 Å². The van der Waals surface area contributed by atoms with Crippen molar-refractivity contribution in [2.75, 3.05) is 37.7 Å². The first kappa shape index (κ1) is 25.9. The lowest BCUT2D eigenvalue weighted by Crippen LogP contribution is -2.51. The summed E-state index contributed by atoms with van der Waals surface area (Å²) in [6, 6.07) is 7.62. The van der Waals surface area contributed by atoms with Gasteiger partial charge in [-0.15, -0.1) is 0 Å². The Labute approximate surface area is 242 Å². The fourth-order valence-corrected chi connectivity index (χ4v) is 8.24. The maximum Gasteiger partial charge on any atom is 0.319 e. The lowest BCUT2D eigenvalue weighted by molar-refractivity contribution is 0.107. The zero-order chi connectivity index (χ0) is 27.9. The second-order valence-corrected chi connectivity index (χ2v) is 13.1. The highest BCUT2D eigenvalue weighted by molar-refractivity contribution is 6.32. The van der Waals surface area contributed by atoms with E-state index in [9.17, 15) is 9.50 Å². The van der Waals surface area contributed by atoms with Gasteiger partial charge in [0.2, 0.25) is 0 Å². The molecular weight excluding hydrogens is 548 g/mol. The molecule has 10 heteroatoms. The Morgan fingerprint density at radius 2 is 1.88 bits per heavy atom. The molecule has 0 unspecified atom stereocenters. The van der Waals surface area contributed by atoms with Crippen molar-refractivity contribution < 1.29 is 18.6 Å². The quantitative estimate of drug-likeness (QED) is 0.394. The lowest BCUT2D eigenvalue weighted by atomic mass is 9.94. The Kier molecular flexibility index (Phi) is 6.10. The summed E-state index contributed by atoms with van der Waals surface area (Å²) in [5.41, 5.74) is 1.65. The standard InChI is InChI=1S/C31H34ClF2N5O2/c32-25-11-21(40)10-24(26(25)17-2-3-17)22-6-7-23-28(27(22)34)36-30(37-29(23)38-14-19-4-5-20(15-38)35-19)41-16-31-8-1-9-39(31)13-18(33)12-31/h6-7,10-11,17-20,35,40H,1-5,8-9,12-16H2/t18-,19-,20+,31+/m1/s1. The number of fused-ring (bicyclic) bond motifs is 4. The number of piperazine rings is 1. The number of aromatic nitrogens is 2. The van der Waals surface area contributed by atoms with Gasteiger partial charge >= 0.3 is 6.01 Å². The highest BCUT2D eigenvalue weighted by Gasteiger charge is 2.49. The summed E-state index contributed by atoms with van der Waals surface area (Å²) in [4.78, 5) is 13.9. The second-order valence-electron chi connectivity index (χ2n) is 12.7. The highest BCUT2D eigenvalue weighted by Crippen LogP contribution is 2.50. The molecule has 4 atom stereocenters. The summed E-state index contributed by atoms with van der Waals surface area (Å²) in [6.07, 6.45) is 5.65. The fourth-order valence-electron chi connectivity index (χ4n) is 7.87. The molecule has 0 amide bonds. The summed E-state index contributed by atoms with van der Waals surface area (Å²) in [6.45, 7) is 3.14. The molecular formula is C31H34ClF2N5O2.